The molecule has 0 aliphatic carbocycles. The lowest BCUT2D eigenvalue weighted by atomic mass is 10.1. The normalized spacial score (nSPS) is 10.3. The van der Waals surface area contributed by atoms with Crippen LogP contribution in [0.25, 0.3) is 0 Å². The summed E-state index contributed by atoms with van der Waals surface area (Å²) in [6, 6.07) is 23.6. The fourth-order valence-electron chi connectivity index (χ4n) is 2.64. The second kappa shape index (κ2) is 9.65. The molecule has 27 heavy (non-hydrogen) atoms. The van der Waals surface area contributed by atoms with Gasteiger partial charge in [-0.05, 0) is 42.0 Å². The number of rotatable bonds is 8. The summed E-state index contributed by atoms with van der Waals surface area (Å²) in [4.78, 5) is 15.7. The van der Waals surface area contributed by atoms with Crippen LogP contribution >= 0.6 is 11.8 Å². The second-order valence-electron chi connectivity index (χ2n) is 6.01. The molecule has 0 unspecified atom stereocenters. The van der Waals surface area contributed by atoms with E-state index in [2.05, 4.69) is 18.2 Å². The molecule has 0 fully saturated rings. The van der Waals surface area contributed by atoms with Crippen LogP contribution in [0.15, 0.2) is 82.3 Å². The van der Waals surface area contributed by atoms with E-state index in [-0.39, 0.29) is 12.3 Å². The predicted octanol–water partition coefficient (Wildman–Crippen LogP) is 5.13. The molecule has 0 aliphatic rings. The number of hydrogen-bond donors (Lipinski definition) is 0. The van der Waals surface area contributed by atoms with Crippen LogP contribution < -0.4 is 0 Å². The predicted molar refractivity (Wildman–Crippen MR) is 106 cm³/mol. The highest BCUT2D eigenvalue weighted by atomic mass is 32.2. The molecule has 3 aromatic rings. The van der Waals surface area contributed by atoms with Gasteiger partial charge in [0.05, 0.1) is 25.3 Å². The second-order valence-corrected chi connectivity index (χ2v) is 7.06. The summed E-state index contributed by atoms with van der Waals surface area (Å²) in [5.74, 6) is 1.46. The van der Waals surface area contributed by atoms with E-state index in [4.69, 9.17) is 9.68 Å². The number of amides is 1. The van der Waals surface area contributed by atoms with Crippen LogP contribution in [0.3, 0.4) is 0 Å². The van der Waals surface area contributed by atoms with Gasteiger partial charge in [0, 0.05) is 22.8 Å². The largest absolute Gasteiger partial charge is 0.467 e. The number of carbonyl (C=O) groups excluding carboxylic acids is 1. The molecule has 0 bridgehead atoms. The summed E-state index contributed by atoms with van der Waals surface area (Å²) in [6.45, 7) is 0.737. The van der Waals surface area contributed by atoms with Crippen molar-refractivity contribution in [2.75, 3.05) is 6.54 Å². The van der Waals surface area contributed by atoms with Crippen LogP contribution in [0.4, 0.5) is 0 Å². The van der Waals surface area contributed by atoms with Crippen LogP contribution in [0.5, 0.6) is 0 Å². The Kier molecular flexibility index (Phi) is 6.72. The molecule has 1 aromatic heterocycles. The third-order valence-electron chi connectivity index (χ3n) is 4.06. The Morgan fingerprint density at radius 1 is 1.04 bits per heavy atom. The average Bonchev–Trinajstić information content (AvgIpc) is 3.23. The highest BCUT2D eigenvalue weighted by Gasteiger charge is 2.17. The maximum atomic E-state index is 12.8. The van der Waals surface area contributed by atoms with Gasteiger partial charge in [0.15, 0.2) is 0 Å². The zero-order valence-corrected chi connectivity index (χ0v) is 15.7. The minimum atomic E-state index is -0.0936. The number of carbonyl (C=O) groups is 1. The number of furan rings is 1. The summed E-state index contributed by atoms with van der Waals surface area (Å²) in [6.07, 6.45) is 1.87. The van der Waals surface area contributed by atoms with Crippen molar-refractivity contribution in [3.05, 3.63) is 89.9 Å². The fourth-order valence-corrected chi connectivity index (χ4v) is 3.51. The first-order chi connectivity index (χ1) is 13.3. The Bertz CT molecular complexity index is 884. The van der Waals surface area contributed by atoms with E-state index >= 15 is 0 Å². The summed E-state index contributed by atoms with van der Waals surface area (Å²) < 4.78 is 5.34. The van der Waals surface area contributed by atoms with Crippen molar-refractivity contribution in [1.29, 1.82) is 5.26 Å². The van der Waals surface area contributed by atoms with Crippen LogP contribution in [-0.2, 0) is 12.3 Å². The maximum absolute atomic E-state index is 12.8. The molecule has 1 heterocycles. The maximum Gasteiger partial charge on any atom is 0.254 e. The molecule has 0 saturated carbocycles. The van der Waals surface area contributed by atoms with Crippen molar-refractivity contribution in [3.63, 3.8) is 0 Å². The van der Waals surface area contributed by atoms with E-state index in [0.29, 0.717) is 24.4 Å². The van der Waals surface area contributed by atoms with Crippen molar-refractivity contribution in [2.24, 2.45) is 0 Å². The van der Waals surface area contributed by atoms with Crippen LogP contribution in [-0.4, -0.2) is 17.4 Å². The Morgan fingerprint density at radius 2 is 1.81 bits per heavy atom. The molecule has 0 saturated heterocycles. The SMILES string of the molecule is N#CCCN(Cc1ccco1)C(=O)c1ccc(CSc2ccccc2)cc1. The van der Waals surface area contributed by atoms with Gasteiger partial charge >= 0.3 is 0 Å². The van der Waals surface area contributed by atoms with Gasteiger partial charge in [-0.2, -0.15) is 5.26 Å². The van der Waals surface area contributed by atoms with Crippen molar-refractivity contribution < 1.29 is 9.21 Å². The fraction of sp³-hybridized carbons (Fsp3) is 0.182. The highest BCUT2D eigenvalue weighted by molar-refractivity contribution is 7.98. The van der Waals surface area contributed by atoms with Gasteiger partial charge < -0.3 is 9.32 Å². The first-order valence-electron chi connectivity index (χ1n) is 8.71. The van der Waals surface area contributed by atoms with Gasteiger partial charge in [-0.15, -0.1) is 11.8 Å². The molecule has 0 radical (unpaired) electrons. The summed E-state index contributed by atoms with van der Waals surface area (Å²) in [5, 5.41) is 8.87. The first-order valence-corrected chi connectivity index (χ1v) is 9.70. The van der Waals surface area contributed by atoms with Gasteiger partial charge in [0.1, 0.15) is 5.76 Å². The zero-order chi connectivity index (χ0) is 18.9. The van der Waals surface area contributed by atoms with Crippen LogP contribution in [0.2, 0.25) is 0 Å². The molecule has 3 rings (SSSR count). The molecule has 1 amide bonds. The smallest absolute Gasteiger partial charge is 0.254 e. The van der Waals surface area contributed by atoms with Crippen molar-refractivity contribution in [3.8, 4) is 6.07 Å². The number of nitriles is 1. The van der Waals surface area contributed by atoms with E-state index in [1.807, 2.05) is 48.5 Å². The van der Waals surface area contributed by atoms with E-state index in [1.165, 1.54) is 4.90 Å². The van der Waals surface area contributed by atoms with Gasteiger partial charge in [0.2, 0.25) is 0 Å². The third kappa shape index (κ3) is 5.50. The molecule has 4 nitrogen and oxygen atoms in total. The highest BCUT2D eigenvalue weighted by Crippen LogP contribution is 2.22. The number of hydrogen-bond acceptors (Lipinski definition) is 4. The Labute approximate surface area is 163 Å². The van der Waals surface area contributed by atoms with Gasteiger partial charge in [-0.1, -0.05) is 30.3 Å². The van der Waals surface area contributed by atoms with E-state index < -0.39 is 0 Å². The molecule has 5 heteroatoms. The summed E-state index contributed by atoms with van der Waals surface area (Å²) in [7, 11) is 0. The van der Waals surface area contributed by atoms with Crippen molar-refractivity contribution in [1.82, 2.24) is 4.90 Å². The van der Waals surface area contributed by atoms with E-state index in [0.717, 1.165) is 11.3 Å². The molecule has 2 aromatic carbocycles. The molecular weight excluding hydrogens is 356 g/mol. The Morgan fingerprint density at radius 3 is 2.48 bits per heavy atom. The lowest BCUT2D eigenvalue weighted by Gasteiger charge is -2.20. The third-order valence-corrected chi connectivity index (χ3v) is 5.14. The minimum absolute atomic E-state index is 0.0936. The Balaban J connectivity index is 1.64. The molecule has 136 valence electrons. The number of thioether (sulfide) groups is 1. The van der Waals surface area contributed by atoms with Gasteiger partial charge in [-0.25, -0.2) is 0 Å². The molecule has 0 atom stereocenters. The minimum Gasteiger partial charge on any atom is -0.467 e. The molecule has 0 spiro atoms. The number of benzene rings is 2. The monoisotopic (exact) mass is 376 g/mol. The standard InChI is InChI=1S/C22H20N2O2S/c23-13-5-14-24(16-20-6-4-15-26-20)22(25)19-11-9-18(10-12-19)17-27-21-7-2-1-3-8-21/h1-4,6-12,15H,5,14,16-17H2. The van der Waals surface area contributed by atoms with Crippen molar-refractivity contribution in [2.45, 2.75) is 23.6 Å². The van der Waals surface area contributed by atoms with Gasteiger partial charge in [-0.3, -0.25) is 4.79 Å². The first kappa shape index (κ1) is 18.8. The Hall–Kier alpha value is -2.97. The quantitative estimate of drug-likeness (QED) is 0.512. The molecule has 0 N–H and O–H groups in total. The summed E-state index contributed by atoms with van der Waals surface area (Å²) in [5.41, 5.74) is 1.78. The van der Waals surface area contributed by atoms with Crippen molar-refractivity contribution >= 4 is 17.7 Å². The lowest BCUT2D eigenvalue weighted by molar-refractivity contribution is 0.0735. The number of nitrogens with zero attached hydrogens (tertiary/aromatic N) is 2. The lowest BCUT2D eigenvalue weighted by Crippen LogP contribution is -2.31. The molecule has 0 aliphatic heterocycles. The van der Waals surface area contributed by atoms with E-state index in [9.17, 15) is 4.79 Å². The topological polar surface area (TPSA) is 57.2 Å². The zero-order valence-electron chi connectivity index (χ0n) is 14.9. The molecular formula is C22H20N2O2S. The summed E-state index contributed by atoms with van der Waals surface area (Å²) >= 11 is 1.76. The van der Waals surface area contributed by atoms with Crippen LogP contribution in [0.1, 0.15) is 28.1 Å². The van der Waals surface area contributed by atoms with Crippen LogP contribution in [0, 0.1) is 11.3 Å². The average molecular weight is 376 g/mol. The van der Waals surface area contributed by atoms with Gasteiger partial charge in [0.25, 0.3) is 5.91 Å². The van der Waals surface area contributed by atoms with E-state index in [1.54, 1.807) is 29.0 Å².